The van der Waals surface area contributed by atoms with Crippen LogP contribution in [-0.2, 0) is 0 Å². The molecule has 0 saturated heterocycles. The van der Waals surface area contributed by atoms with E-state index in [0.717, 1.165) is 12.1 Å². The molecule has 1 heterocycles. The molecule has 3 rings (SSSR count). The fourth-order valence-electron chi connectivity index (χ4n) is 2.01. The maximum absolute atomic E-state index is 12.9. The van der Waals surface area contributed by atoms with E-state index in [1.807, 2.05) is 0 Å². The molecule has 25 heavy (non-hydrogen) atoms. The number of hydrogen-bond donors (Lipinski definition) is 0. The van der Waals surface area contributed by atoms with Gasteiger partial charge in [0.2, 0.25) is 5.82 Å². The van der Waals surface area contributed by atoms with Crippen LogP contribution in [0.2, 0.25) is 0 Å². The zero-order valence-corrected chi connectivity index (χ0v) is 13.1. The molecule has 9 heteroatoms. The molecule has 0 aliphatic rings. The number of aromatic nitrogens is 2. The van der Waals surface area contributed by atoms with Crippen LogP contribution in [0, 0.1) is 15.9 Å². The van der Waals surface area contributed by atoms with E-state index in [4.69, 9.17) is 16.1 Å². The first-order chi connectivity index (χ1) is 11.9. The van der Waals surface area contributed by atoms with Crippen LogP contribution in [0.25, 0.3) is 22.5 Å². The zero-order valence-electron chi connectivity index (χ0n) is 12.3. The molecule has 0 aliphatic carbocycles. The van der Waals surface area contributed by atoms with Gasteiger partial charge in [0.15, 0.2) is 0 Å². The Bertz CT molecular complexity index is 970. The van der Waals surface area contributed by atoms with Crippen LogP contribution in [0.15, 0.2) is 47.0 Å². The van der Waals surface area contributed by atoms with E-state index in [-0.39, 0.29) is 16.7 Å². The normalized spacial score (nSPS) is 11.5. The Balaban J connectivity index is 1.90. The second kappa shape index (κ2) is 6.70. The van der Waals surface area contributed by atoms with E-state index in [0.29, 0.717) is 11.1 Å². The zero-order chi connectivity index (χ0) is 18.0. The standard InChI is InChI=1S/C16H9ClFN3O4/c17-12(7-9-1-6-14(22)13(8-9)21(23)24)16-19-15(20-25-16)10-2-4-11(18)5-3-10/h1-8,22H/p-1/b12-7-. The molecule has 0 aliphatic heterocycles. The number of nitro groups is 1. The summed E-state index contributed by atoms with van der Waals surface area (Å²) in [5.74, 6) is -0.902. The topological polar surface area (TPSA) is 105 Å². The summed E-state index contributed by atoms with van der Waals surface area (Å²) < 4.78 is 18.0. The first kappa shape index (κ1) is 16.6. The van der Waals surface area contributed by atoms with Crippen molar-refractivity contribution in [3.63, 3.8) is 0 Å². The molecular weight excluding hydrogens is 353 g/mol. The molecule has 0 atom stereocenters. The van der Waals surface area contributed by atoms with Gasteiger partial charge in [-0.1, -0.05) is 28.9 Å². The number of nitrogens with zero attached hydrogens (tertiary/aromatic N) is 3. The lowest BCUT2D eigenvalue weighted by atomic mass is 10.1. The molecule has 0 amide bonds. The summed E-state index contributed by atoms with van der Waals surface area (Å²) in [6.45, 7) is 0. The average Bonchev–Trinajstić information content (AvgIpc) is 3.07. The van der Waals surface area contributed by atoms with Crippen molar-refractivity contribution in [2.45, 2.75) is 0 Å². The van der Waals surface area contributed by atoms with Gasteiger partial charge in [-0.25, -0.2) is 4.39 Å². The summed E-state index contributed by atoms with van der Waals surface area (Å²) in [7, 11) is 0. The Kier molecular flexibility index (Phi) is 4.44. The molecule has 2 aromatic carbocycles. The van der Waals surface area contributed by atoms with Gasteiger partial charge >= 0.3 is 0 Å². The minimum absolute atomic E-state index is 0.0187. The van der Waals surface area contributed by atoms with Gasteiger partial charge in [-0.15, -0.1) is 0 Å². The van der Waals surface area contributed by atoms with Crippen LogP contribution in [0.3, 0.4) is 0 Å². The van der Waals surface area contributed by atoms with Crippen molar-refractivity contribution < 1.29 is 18.9 Å². The SMILES string of the molecule is O=[N+]([O-])c1cc(/C=C(\Cl)c2nc(-c3ccc(F)cc3)no2)ccc1[O-]. The van der Waals surface area contributed by atoms with Crippen LogP contribution in [-0.4, -0.2) is 15.1 Å². The Morgan fingerprint density at radius 2 is 1.96 bits per heavy atom. The maximum Gasteiger partial charge on any atom is 0.269 e. The van der Waals surface area contributed by atoms with E-state index in [9.17, 15) is 19.6 Å². The average molecular weight is 361 g/mol. The van der Waals surface area contributed by atoms with Crippen molar-refractivity contribution in [3.05, 3.63) is 69.9 Å². The van der Waals surface area contributed by atoms with E-state index in [1.54, 1.807) is 0 Å². The Hall–Kier alpha value is -3.26. The van der Waals surface area contributed by atoms with E-state index in [1.165, 1.54) is 36.4 Å². The third kappa shape index (κ3) is 3.64. The second-order valence-electron chi connectivity index (χ2n) is 4.91. The third-order valence-electron chi connectivity index (χ3n) is 3.21. The third-order valence-corrected chi connectivity index (χ3v) is 3.48. The lowest BCUT2D eigenvalue weighted by Gasteiger charge is -2.06. The Labute approximate surface area is 145 Å². The van der Waals surface area contributed by atoms with E-state index < -0.39 is 22.2 Å². The van der Waals surface area contributed by atoms with Gasteiger partial charge in [0.1, 0.15) is 10.8 Å². The highest BCUT2D eigenvalue weighted by Gasteiger charge is 2.13. The molecule has 1 aromatic heterocycles. The van der Waals surface area contributed by atoms with Crippen LogP contribution >= 0.6 is 11.6 Å². The van der Waals surface area contributed by atoms with E-state index >= 15 is 0 Å². The smallest absolute Gasteiger partial charge is 0.269 e. The summed E-state index contributed by atoms with van der Waals surface area (Å²) in [5.41, 5.74) is 0.306. The lowest BCUT2D eigenvalue weighted by Crippen LogP contribution is -1.97. The molecule has 0 saturated carbocycles. The largest absolute Gasteiger partial charge is 0.868 e. The predicted molar refractivity (Wildman–Crippen MR) is 86.0 cm³/mol. The Morgan fingerprint density at radius 3 is 2.64 bits per heavy atom. The molecule has 7 nitrogen and oxygen atoms in total. The number of rotatable bonds is 4. The minimum atomic E-state index is -0.771. The minimum Gasteiger partial charge on any atom is -0.868 e. The highest BCUT2D eigenvalue weighted by molar-refractivity contribution is 6.50. The van der Waals surface area contributed by atoms with Gasteiger partial charge in [0.25, 0.3) is 11.6 Å². The van der Waals surface area contributed by atoms with Crippen LogP contribution in [0.1, 0.15) is 11.5 Å². The maximum atomic E-state index is 12.9. The summed E-state index contributed by atoms with van der Waals surface area (Å²) in [6.07, 6.45) is 1.36. The van der Waals surface area contributed by atoms with Crippen molar-refractivity contribution in [1.29, 1.82) is 0 Å². The summed E-state index contributed by atoms with van der Waals surface area (Å²) in [6, 6.07) is 9.04. The highest BCUT2D eigenvalue weighted by atomic mass is 35.5. The Morgan fingerprint density at radius 1 is 1.24 bits per heavy atom. The summed E-state index contributed by atoms with van der Waals surface area (Å²) in [4.78, 5) is 14.1. The molecule has 0 unspecified atom stereocenters. The van der Waals surface area contributed by atoms with Crippen molar-refractivity contribution >= 4 is 28.4 Å². The second-order valence-corrected chi connectivity index (χ2v) is 5.31. The van der Waals surface area contributed by atoms with Gasteiger partial charge < -0.3 is 9.63 Å². The van der Waals surface area contributed by atoms with Gasteiger partial charge in [0, 0.05) is 11.6 Å². The number of nitro benzene ring substituents is 1. The van der Waals surface area contributed by atoms with Crippen molar-refractivity contribution in [1.82, 2.24) is 10.1 Å². The molecule has 0 spiro atoms. The highest BCUT2D eigenvalue weighted by Crippen LogP contribution is 2.28. The number of benzene rings is 2. The molecule has 3 aromatic rings. The fraction of sp³-hybridized carbons (Fsp3) is 0. The van der Waals surface area contributed by atoms with Crippen LogP contribution in [0.4, 0.5) is 10.1 Å². The van der Waals surface area contributed by atoms with Gasteiger partial charge in [-0.2, -0.15) is 4.98 Å². The predicted octanol–water partition coefficient (Wildman–Crippen LogP) is 3.59. The number of halogens is 2. The lowest BCUT2D eigenvalue weighted by molar-refractivity contribution is -0.398. The number of hydrogen-bond acceptors (Lipinski definition) is 6. The quantitative estimate of drug-likeness (QED) is 0.520. The van der Waals surface area contributed by atoms with Crippen molar-refractivity contribution in [3.8, 4) is 17.1 Å². The van der Waals surface area contributed by atoms with Crippen molar-refractivity contribution in [2.24, 2.45) is 0 Å². The molecule has 0 N–H and O–H groups in total. The fourth-order valence-corrected chi connectivity index (χ4v) is 2.21. The first-order valence-electron chi connectivity index (χ1n) is 6.87. The summed E-state index contributed by atoms with van der Waals surface area (Å²) in [5, 5.41) is 26.0. The first-order valence-corrected chi connectivity index (χ1v) is 7.24. The molecule has 0 bridgehead atoms. The van der Waals surface area contributed by atoms with Gasteiger partial charge in [-0.3, -0.25) is 10.1 Å². The molecule has 126 valence electrons. The van der Waals surface area contributed by atoms with E-state index in [2.05, 4.69) is 10.1 Å². The molecule has 0 fully saturated rings. The molecular formula is C16H8ClFN3O4-. The van der Waals surface area contributed by atoms with Gasteiger partial charge in [-0.05, 0) is 41.7 Å². The van der Waals surface area contributed by atoms with Crippen molar-refractivity contribution in [2.75, 3.05) is 0 Å². The summed E-state index contributed by atoms with van der Waals surface area (Å²) >= 11 is 6.10. The van der Waals surface area contributed by atoms with Crippen LogP contribution in [0.5, 0.6) is 5.75 Å². The molecule has 0 radical (unpaired) electrons. The van der Waals surface area contributed by atoms with Gasteiger partial charge in [0.05, 0.1) is 4.92 Å². The van der Waals surface area contributed by atoms with Crippen LogP contribution < -0.4 is 5.11 Å². The monoisotopic (exact) mass is 360 g/mol.